The van der Waals surface area contributed by atoms with E-state index in [1.165, 1.54) is 17.0 Å². The fraction of sp³-hybridized carbons (Fsp3) is 0.323. The highest BCUT2D eigenvalue weighted by atomic mass is 19.3. The Balaban J connectivity index is 0.00000205. The summed E-state index contributed by atoms with van der Waals surface area (Å²) in [6, 6.07) is 17.7. The van der Waals surface area contributed by atoms with Crippen LogP contribution in [0, 0.1) is 25.1 Å². The third-order valence-electron chi connectivity index (χ3n) is 6.56. The topological polar surface area (TPSA) is 39.6 Å². The number of para-hydroxylation sites is 1. The summed E-state index contributed by atoms with van der Waals surface area (Å²) in [6.07, 6.45) is -1.90. The van der Waals surface area contributed by atoms with Gasteiger partial charge in [0.1, 0.15) is 23.5 Å². The first-order valence-corrected chi connectivity index (χ1v) is 13.0. The molecule has 0 bridgehead atoms. The number of hydrogen-bond acceptors (Lipinski definition) is 4. The molecule has 0 spiro atoms. The Morgan fingerprint density at radius 2 is 1.74 bits per heavy atom. The molecule has 1 aliphatic heterocycles. The lowest BCUT2D eigenvalue weighted by atomic mass is 9.98. The van der Waals surface area contributed by atoms with Crippen LogP contribution in [0.4, 0.5) is 23.2 Å². The maximum Gasteiger partial charge on any atom is 0.320 e. The van der Waals surface area contributed by atoms with Crippen LogP contribution in [-0.4, -0.2) is 42.5 Å². The fourth-order valence-corrected chi connectivity index (χ4v) is 4.56. The van der Waals surface area contributed by atoms with Gasteiger partial charge in [0.15, 0.2) is 6.17 Å². The first-order chi connectivity index (χ1) is 18.7. The van der Waals surface area contributed by atoms with E-state index in [0.29, 0.717) is 34.7 Å². The van der Waals surface area contributed by atoms with Gasteiger partial charge in [0, 0.05) is 24.1 Å². The molecule has 0 aromatic heterocycles. The molecule has 39 heavy (non-hydrogen) atoms. The minimum absolute atomic E-state index is 0.0430. The third kappa shape index (κ3) is 6.99. The predicted octanol–water partition coefficient (Wildman–Crippen LogP) is 7.88. The van der Waals surface area contributed by atoms with Gasteiger partial charge >= 0.3 is 6.55 Å². The van der Waals surface area contributed by atoms with E-state index >= 15 is 4.39 Å². The van der Waals surface area contributed by atoms with Gasteiger partial charge in [-0.15, -0.1) is 0 Å². The summed E-state index contributed by atoms with van der Waals surface area (Å²) >= 11 is 0. The molecule has 1 heterocycles. The Morgan fingerprint density at radius 3 is 2.36 bits per heavy atom. The number of ether oxygens (including phenoxy) is 1. The Bertz CT molecular complexity index is 1300. The number of piperidine rings is 1. The number of nitrogens with zero attached hydrogens (tertiary/aromatic N) is 2. The third-order valence-corrected chi connectivity index (χ3v) is 6.56. The van der Waals surface area contributed by atoms with Crippen LogP contribution in [0.25, 0.3) is 0 Å². The molecule has 3 aromatic carbocycles. The number of benzene rings is 3. The van der Waals surface area contributed by atoms with Crippen LogP contribution in [0.2, 0.25) is 0 Å². The molecule has 4 rings (SSSR count). The molecule has 4 nitrogen and oxygen atoms in total. The number of anilines is 1. The Kier molecular flexibility index (Phi) is 10.2. The first-order valence-electron chi connectivity index (χ1n) is 13.0. The van der Waals surface area contributed by atoms with Gasteiger partial charge in [0.25, 0.3) is 0 Å². The first kappa shape index (κ1) is 29.7. The van der Waals surface area contributed by atoms with Gasteiger partial charge in [-0.25, -0.2) is 8.78 Å². The van der Waals surface area contributed by atoms with Crippen molar-refractivity contribution in [1.29, 1.82) is 5.41 Å². The number of hydrogen-bond donors (Lipinski definition) is 1. The number of alkyl halides is 3. The van der Waals surface area contributed by atoms with Gasteiger partial charge < -0.3 is 9.64 Å². The zero-order valence-electron chi connectivity index (χ0n) is 22.7. The van der Waals surface area contributed by atoms with Crippen LogP contribution >= 0.6 is 0 Å². The van der Waals surface area contributed by atoms with Crippen LogP contribution in [0.3, 0.4) is 0 Å². The smallest absolute Gasteiger partial charge is 0.320 e. The number of likely N-dealkylation sites (tertiary alicyclic amines) is 1. The van der Waals surface area contributed by atoms with E-state index in [-0.39, 0.29) is 24.5 Å². The zero-order chi connectivity index (χ0) is 28.7. The molecule has 3 aromatic rings. The van der Waals surface area contributed by atoms with Crippen molar-refractivity contribution < 1.29 is 22.3 Å². The molecule has 0 saturated carbocycles. The van der Waals surface area contributed by atoms with Crippen molar-refractivity contribution in [3.8, 4) is 5.75 Å². The molecule has 0 radical (unpaired) electrons. The van der Waals surface area contributed by atoms with Crippen LogP contribution in [0.15, 0.2) is 79.1 Å². The Hall–Kier alpha value is -3.81. The molecule has 0 amide bonds. The van der Waals surface area contributed by atoms with E-state index in [1.807, 2.05) is 13.8 Å². The quantitative estimate of drug-likeness (QED) is 0.179. The highest BCUT2D eigenvalue weighted by Gasteiger charge is 2.34. The van der Waals surface area contributed by atoms with E-state index in [2.05, 4.69) is 6.58 Å². The van der Waals surface area contributed by atoms with Gasteiger partial charge in [-0.3, -0.25) is 10.3 Å². The molecule has 8 heteroatoms. The second-order valence-corrected chi connectivity index (χ2v) is 9.12. The summed E-state index contributed by atoms with van der Waals surface area (Å²) < 4.78 is 62.6. The van der Waals surface area contributed by atoms with Gasteiger partial charge in [0.05, 0.1) is 17.9 Å². The molecule has 2 atom stereocenters. The van der Waals surface area contributed by atoms with Crippen molar-refractivity contribution in [3.63, 3.8) is 0 Å². The molecular formula is C31H35F4N3O. The minimum Gasteiger partial charge on any atom is -0.487 e. The lowest BCUT2D eigenvalue weighted by molar-refractivity contribution is 0.0293. The fourth-order valence-electron chi connectivity index (χ4n) is 4.56. The lowest BCUT2D eigenvalue weighted by Gasteiger charge is -2.40. The number of nitrogens with one attached hydrogen (secondary N) is 1. The van der Waals surface area contributed by atoms with E-state index in [1.54, 1.807) is 68.4 Å². The predicted molar refractivity (Wildman–Crippen MR) is 149 cm³/mol. The molecule has 1 fully saturated rings. The monoisotopic (exact) mass is 541 g/mol. The Morgan fingerprint density at radius 1 is 1.03 bits per heavy atom. The molecule has 1 saturated heterocycles. The highest BCUT2D eigenvalue weighted by Crippen LogP contribution is 2.31. The second-order valence-electron chi connectivity index (χ2n) is 9.12. The van der Waals surface area contributed by atoms with E-state index < -0.39 is 24.6 Å². The van der Waals surface area contributed by atoms with Crippen molar-refractivity contribution in [3.05, 3.63) is 107 Å². The van der Waals surface area contributed by atoms with Crippen molar-refractivity contribution in [2.45, 2.75) is 52.9 Å². The number of aryl methyl sites for hydroxylation is 2. The average molecular weight is 542 g/mol. The van der Waals surface area contributed by atoms with Gasteiger partial charge in [-0.05, 0) is 61.4 Å². The Labute approximate surface area is 228 Å². The molecule has 208 valence electrons. The minimum atomic E-state index is -2.83. The number of rotatable bonds is 8. The standard InChI is InChI=1S/C29H29F4N3O.C2H6/c1-18-7-4-5-10-26(18)36(29(32)33)20(3)35-14-13-27(25(31)17-35)37-23-11-12-24(19(2)15-23)28(34)21-8-6-9-22(30)16-21;1-2/h4-12,15-16,25,27,29,34H,3,13-14,17H2,1-2H3;1-2H3/t25-,27?;/m1./s1. The summed E-state index contributed by atoms with van der Waals surface area (Å²) in [5.41, 5.74) is 2.98. The van der Waals surface area contributed by atoms with E-state index in [4.69, 9.17) is 10.1 Å². The normalized spacial score (nSPS) is 16.8. The van der Waals surface area contributed by atoms with Crippen molar-refractivity contribution in [2.75, 3.05) is 18.0 Å². The summed E-state index contributed by atoms with van der Waals surface area (Å²) in [4.78, 5) is 2.36. The van der Waals surface area contributed by atoms with E-state index in [0.717, 1.165) is 10.5 Å². The molecule has 1 N–H and O–H groups in total. The van der Waals surface area contributed by atoms with Gasteiger partial charge in [0.2, 0.25) is 0 Å². The van der Waals surface area contributed by atoms with Crippen molar-refractivity contribution in [2.24, 2.45) is 0 Å². The average Bonchev–Trinajstić information content (AvgIpc) is 2.91. The zero-order valence-corrected chi connectivity index (χ0v) is 22.7. The highest BCUT2D eigenvalue weighted by molar-refractivity contribution is 6.11. The molecular weight excluding hydrogens is 506 g/mol. The summed E-state index contributed by atoms with van der Waals surface area (Å²) in [5, 5.41) is 8.43. The van der Waals surface area contributed by atoms with Crippen LogP contribution in [0.5, 0.6) is 5.75 Å². The number of halogens is 4. The molecule has 1 unspecified atom stereocenters. The SMILES string of the molecule is C=C(N1CCC(Oc2ccc(C(=N)c3cccc(F)c3)c(C)c2)[C@H](F)C1)N(c1ccccc1C)C(F)F.CC. The molecule has 0 aliphatic carbocycles. The summed E-state index contributed by atoms with van der Waals surface area (Å²) in [6.45, 7) is 8.75. The van der Waals surface area contributed by atoms with Crippen LogP contribution in [-0.2, 0) is 0 Å². The van der Waals surface area contributed by atoms with Crippen LogP contribution < -0.4 is 9.64 Å². The summed E-state index contributed by atoms with van der Waals surface area (Å²) in [5.74, 6) is 0.0715. The lowest BCUT2D eigenvalue weighted by Crippen LogP contribution is -2.50. The maximum atomic E-state index is 15.2. The van der Waals surface area contributed by atoms with Crippen molar-refractivity contribution >= 4 is 11.4 Å². The molecule has 1 aliphatic rings. The second kappa shape index (κ2) is 13.3. The van der Waals surface area contributed by atoms with Gasteiger partial charge in [-0.1, -0.05) is 50.8 Å². The largest absolute Gasteiger partial charge is 0.487 e. The van der Waals surface area contributed by atoms with Gasteiger partial charge in [-0.2, -0.15) is 8.78 Å². The summed E-state index contributed by atoms with van der Waals surface area (Å²) in [7, 11) is 0. The van der Waals surface area contributed by atoms with E-state index in [9.17, 15) is 13.2 Å². The maximum absolute atomic E-state index is 15.2. The van der Waals surface area contributed by atoms with Crippen molar-refractivity contribution in [1.82, 2.24) is 4.90 Å². The van der Waals surface area contributed by atoms with Crippen LogP contribution in [0.1, 0.15) is 42.5 Å².